The van der Waals surface area contributed by atoms with Gasteiger partial charge in [0.2, 0.25) is 0 Å². The molecular formula is C15H23NO2. The Hall–Kier alpha value is -1.22. The SMILES string of the molecule is COc1cc(C)c(OC)c(C2(CN)CCCC2)c1. The predicted octanol–water partition coefficient (Wildman–Crippen LogP) is 2.78. The lowest BCUT2D eigenvalue weighted by Gasteiger charge is -2.30. The number of methoxy groups -OCH3 is 2. The number of hydrogen-bond acceptors (Lipinski definition) is 3. The molecular weight excluding hydrogens is 226 g/mol. The zero-order chi connectivity index (χ0) is 13.2. The van der Waals surface area contributed by atoms with E-state index in [1.165, 1.54) is 18.4 Å². The summed E-state index contributed by atoms with van der Waals surface area (Å²) >= 11 is 0. The molecule has 2 N–H and O–H groups in total. The second kappa shape index (κ2) is 5.19. The maximum absolute atomic E-state index is 6.07. The molecule has 0 aromatic heterocycles. The molecule has 18 heavy (non-hydrogen) atoms. The maximum atomic E-state index is 6.07. The summed E-state index contributed by atoms with van der Waals surface area (Å²) in [6.07, 6.45) is 4.78. The van der Waals surface area contributed by atoms with Crippen molar-refractivity contribution in [1.82, 2.24) is 0 Å². The summed E-state index contributed by atoms with van der Waals surface area (Å²) in [5.41, 5.74) is 8.48. The molecule has 3 nitrogen and oxygen atoms in total. The topological polar surface area (TPSA) is 44.5 Å². The standard InChI is InChI=1S/C15H23NO2/c1-11-8-12(17-2)9-13(14(11)18-3)15(10-16)6-4-5-7-15/h8-9H,4-7,10,16H2,1-3H3. The van der Waals surface area contributed by atoms with Gasteiger partial charge in [-0.25, -0.2) is 0 Å². The second-order valence-electron chi connectivity index (χ2n) is 5.22. The minimum Gasteiger partial charge on any atom is -0.497 e. The van der Waals surface area contributed by atoms with Gasteiger partial charge in [0.15, 0.2) is 0 Å². The van der Waals surface area contributed by atoms with Gasteiger partial charge in [-0.1, -0.05) is 12.8 Å². The van der Waals surface area contributed by atoms with Crippen molar-refractivity contribution in [2.45, 2.75) is 38.0 Å². The van der Waals surface area contributed by atoms with Crippen LogP contribution in [0.4, 0.5) is 0 Å². The summed E-state index contributed by atoms with van der Waals surface area (Å²) in [7, 11) is 3.44. The van der Waals surface area contributed by atoms with E-state index in [2.05, 4.69) is 13.0 Å². The first-order valence-electron chi connectivity index (χ1n) is 6.60. The van der Waals surface area contributed by atoms with Crippen molar-refractivity contribution in [2.24, 2.45) is 5.73 Å². The monoisotopic (exact) mass is 249 g/mol. The Morgan fingerprint density at radius 1 is 1.17 bits per heavy atom. The zero-order valence-corrected chi connectivity index (χ0v) is 11.6. The first kappa shape index (κ1) is 13.2. The highest BCUT2D eigenvalue weighted by atomic mass is 16.5. The van der Waals surface area contributed by atoms with Crippen molar-refractivity contribution >= 4 is 0 Å². The van der Waals surface area contributed by atoms with Gasteiger partial charge in [-0.15, -0.1) is 0 Å². The highest BCUT2D eigenvalue weighted by Gasteiger charge is 2.37. The Morgan fingerprint density at radius 3 is 2.33 bits per heavy atom. The number of benzene rings is 1. The van der Waals surface area contributed by atoms with E-state index in [-0.39, 0.29) is 5.41 Å². The third-order valence-corrected chi connectivity index (χ3v) is 4.21. The van der Waals surface area contributed by atoms with Crippen LogP contribution < -0.4 is 15.2 Å². The molecule has 0 bridgehead atoms. The number of aryl methyl sites for hydroxylation is 1. The molecule has 0 heterocycles. The Balaban J connectivity index is 2.56. The first-order valence-corrected chi connectivity index (χ1v) is 6.60. The van der Waals surface area contributed by atoms with Crippen molar-refractivity contribution in [2.75, 3.05) is 20.8 Å². The van der Waals surface area contributed by atoms with Crippen molar-refractivity contribution in [3.05, 3.63) is 23.3 Å². The van der Waals surface area contributed by atoms with E-state index in [4.69, 9.17) is 15.2 Å². The second-order valence-corrected chi connectivity index (χ2v) is 5.22. The van der Waals surface area contributed by atoms with Crippen LogP contribution in [0.1, 0.15) is 36.8 Å². The molecule has 0 spiro atoms. The molecule has 0 amide bonds. The van der Waals surface area contributed by atoms with E-state index in [1.54, 1.807) is 14.2 Å². The van der Waals surface area contributed by atoms with Gasteiger partial charge >= 0.3 is 0 Å². The Kier molecular flexibility index (Phi) is 3.81. The molecule has 1 aliphatic rings. The Bertz CT molecular complexity index is 423. The van der Waals surface area contributed by atoms with Gasteiger partial charge in [-0.05, 0) is 37.5 Å². The quantitative estimate of drug-likeness (QED) is 0.892. The van der Waals surface area contributed by atoms with Crippen LogP contribution >= 0.6 is 0 Å². The summed E-state index contributed by atoms with van der Waals surface area (Å²) in [5.74, 6) is 1.87. The van der Waals surface area contributed by atoms with E-state index in [0.29, 0.717) is 6.54 Å². The summed E-state index contributed by atoms with van der Waals surface area (Å²) < 4.78 is 11.0. The highest BCUT2D eigenvalue weighted by molar-refractivity contribution is 5.51. The van der Waals surface area contributed by atoms with Crippen LogP contribution in [0.15, 0.2) is 12.1 Å². The molecule has 1 aromatic rings. The predicted molar refractivity (Wildman–Crippen MR) is 73.5 cm³/mol. The van der Waals surface area contributed by atoms with Crippen LogP contribution in [-0.4, -0.2) is 20.8 Å². The lowest BCUT2D eigenvalue weighted by Crippen LogP contribution is -2.32. The largest absolute Gasteiger partial charge is 0.497 e. The molecule has 0 saturated heterocycles. The number of ether oxygens (including phenoxy) is 2. The van der Waals surface area contributed by atoms with Gasteiger partial charge in [0.1, 0.15) is 11.5 Å². The molecule has 0 aliphatic heterocycles. The van der Waals surface area contributed by atoms with Crippen molar-refractivity contribution in [1.29, 1.82) is 0 Å². The van der Waals surface area contributed by atoms with Gasteiger partial charge in [0.25, 0.3) is 0 Å². The van der Waals surface area contributed by atoms with Crippen LogP contribution in [0.5, 0.6) is 11.5 Å². The van der Waals surface area contributed by atoms with E-state index in [0.717, 1.165) is 29.9 Å². The lowest BCUT2D eigenvalue weighted by molar-refractivity contribution is 0.367. The Morgan fingerprint density at radius 2 is 1.83 bits per heavy atom. The number of nitrogens with two attached hydrogens (primary N) is 1. The van der Waals surface area contributed by atoms with E-state index < -0.39 is 0 Å². The minimum atomic E-state index is 0.0741. The average molecular weight is 249 g/mol. The van der Waals surface area contributed by atoms with Crippen molar-refractivity contribution in [3.63, 3.8) is 0 Å². The molecule has 1 fully saturated rings. The summed E-state index contributed by atoms with van der Waals surface area (Å²) in [6, 6.07) is 4.12. The fraction of sp³-hybridized carbons (Fsp3) is 0.600. The normalized spacial score (nSPS) is 17.8. The number of hydrogen-bond donors (Lipinski definition) is 1. The summed E-state index contributed by atoms with van der Waals surface area (Å²) in [6.45, 7) is 2.74. The van der Waals surface area contributed by atoms with Crippen LogP contribution in [0.3, 0.4) is 0 Å². The van der Waals surface area contributed by atoms with Gasteiger partial charge in [-0.2, -0.15) is 0 Å². The van der Waals surface area contributed by atoms with Crippen LogP contribution in [0.2, 0.25) is 0 Å². The van der Waals surface area contributed by atoms with Gasteiger partial charge in [0, 0.05) is 17.5 Å². The van der Waals surface area contributed by atoms with Crippen LogP contribution in [0.25, 0.3) is 0 Å². The van der Waals surface area contributed by atoms with Crippen molar-refractivity contribution < 1.29 is 9.47 Å². The Labute approximate surface area is 109 Å². The smallest absolute Gasteiger partial charge is 0.125 e. The third-order valence-electron chi connectivity index (χ3n) is 4.21. The molecule has 0 unspecified atom stereocenters. The molecule has 1 saturated carbocycles. The van der Waals surface area contributed by atoms with E-state index in [9.17, 15) is 0 Å². The molecule has 1 aromatic carbocycles. The lowest BCUT2D eigenvalue weighted by atomic mass is 9.77. The van der Waals surface area contributed by atoms with E-state index >= 15 is 0 Å². The average Bonchev–Trinajstić information content (AvgIpc) is 2.87. The van der Waals surface area contributed by atoms with Gasteiger partial charge in [-0.3, -0.25) is 0 Å². The molecule has 0 atom stereocenters. The fourth-order valence-electron chi connectivity index (χ4n) is 3.16. The molecule has 2 rings (SSSR count). The molecule has 0 radical (unpaired) electrons. The number of rotatable bonds is 4. The molecule has 100 valence electrons. The van der Waals surface area contributed by atoms with Gasteiger partial charge in [0.05, 0.1) is 14.2 Å². The molecule has 3 heteroatoms. The third kappa shape index (κ3) is 2.07. The summed E-state index contributed by atoms with van der Waals surface area (Å²) in [5, 5.41) is 0. The van der Waals surface area contributed by atoms with Gasteiger partial charge < -0.3 is 15.2 Å². The fourth-order valence-corrected chi connectivity index (χ4v) is 3.16. The van der Waals surface area contributed by atoms with Crippen LogP contribution in [-0.2, 0) is 5.41 Å². The van der Waals surface area contributed by atoms with Crippen molar-refractivity contribution in [3.8, 4) is 11.5 Å². The minimum absolute atomic E-state index is 0.0741. The zero-order valence-electron chi connectivity index (χ0n) is 11.6. The summed E-state index contributed by atoms with van der Waals surface area (Å²) in [4.78, 5) is 0. The molecule has 1 aliphatic carbocycles. The first-order chi connectivity index (χ1) is 8.66. The van der Waals surface area contributed by atoms with Crippen LogP contribution in [0, 0.1) is 6.92 Å². The maximum Gasteiger partial charge on any atom is 0.125 e. The van der Waals surface area contributed by atoms with E-state index in [1.807, 2.05) is 6.07 Å². The highest BCUT2D eigenvalue weighted by Crippen LogP contribution is 2.46.